The second-order valence-corrected chi connectivity index (χ2v) is 13.0. The van der Waals surface area contributed by atoms with Crippen molar-refractivity contribution in [3.05, 3.63) is 156 Å². The number of rotatable bonds is 4. The third-order valence-corrected chi connectivity index (χ3v) is 9.94. The third-order valence-electron chi connectivity index (χ3n) is 9.94. The van der Waals surface area contributed by atoms with Crippen molar-refractivity contribution < 1.29 is 0 Å². The Bertz CT molecular complexity index is 2690. The standard InChI is InChI=1S/C44H28N6/c1-44(2)35-19-11-9-17-29(35)30-21-24-38-39(40(30)44)32-18-10-12-20-36(32)50(38)37-23-22-31(33(25-45)34(37)26-46)43-48-41(27-13-5-3-6-14-27)47-42(49-43)28-15-7-4-8-16-28/h3-24H,1-2H3. The summed E-state index contributed by atoms with van der Waals surface area (Å²) in [5.41, 5.74) is 10.0. The van der Waals surface area contributed by atoms with E-state index < -0.39 is 0 Å². The number of benzene rings is 6. The minimum Gasteiger partial charge on any atom is -0.308 e. The van der Waals surface area contributed by atoms with Gasteiger partial charge in [0.05, 0.1) is 27.8 Å². The molecule has 0 saturated carbocycles. The first-order chi connectivity index (χ1) is 24.5. The number of fused-ring (bicyclic) bond motifs is 7. The molecule has 1 aliphatic carbocycles. The summed E-state index contributed by atoms with van der Waals surface area (Å²) in [4.78, 5) is 14.5. The molecule has 6 nitrogen and oxygen atoms in total. The smallest absolute Gasteiger partial charge is 0.165 e. The second kappa shape index (κ2) is 11.1. The fourth-order valence-corrected chi connectivity index (χ4v) is 7.71. The summed E-state index contributed by atoms with van der Waals surface area (Å²) in [6, 6.07) is 49.3. The van der Waals surface area contributed by atoms with Crippen LogP contribution in [0.3, 0.4) is 0 Å². The number of nitriles is 2. The molecule has 0 fully saturated rings. The van der Waals surface area contributed by atoms with Crippen LogP contribution in [-0.4, -0.2) is 19.5 Å². The molecule has 0 unspecified atom stereocenters. The average Bonchev–Trinajstić information content (AvgIpc) is 3.63. The molecule has 0 bridgehead atoms. The number of para-hydroxylation sites is 1. The Morgan fingerprint density at radius 1 is 0.520 bits per heavy atom. The van der Waals surface area contributed by atoms with Crippen LogP contribution in [-0.2, 0) is 5.41 Å². The van der Waals surface area contributed by atoms with E-state index in [4.69, 9.17) is 15.0 Å². The van der Waals surface area contributed by atoms with Gasteiger partial charge in [0.2, 0.25) is 0 Å². The molecule has 234 valence electrons. The van der Waals surface area contributed by atoms with Crippen molar-refractivity contribution in [3.8, 4) is 63.1 Å². The number of nitrogens with zero attached hydrogens (tertiary/aromatic N) is 6. The van der Waals surface area contributed by atoms with E-state index in [1.54, 1.807) is 0 Å². The summed E-state index contributed by atoms with van der Waals surface area (Å²) in [5.74, 6) is 1.30. The van der Waals surface area contributed by atoms with Gasteiger partial charge in [0.1, 0.15) is 12.1 Å². The van der Waals surface area contributed by atoms with Gasteiger partial charge in [0, 0.05) is 32.9 Å². The molecule has 0 amide bonds. The molecule has 50 heavy (non-hydrogen) atoms. The largest absolute Gasteiger partial charge is 0.308 e. The minimum atomic E-state index is -0.230. The maximum Gasteiger partial charge on any atom is 0.165 e. The maximum atomic E-state index is 10.8. The molecule has 0 spiro atoms. The average molecular weight is 641 g/mol. The van der Waals surface area contributed by atoms with Crippen molar-refractivity contribution in [1.82, 2.24) is 19.5 Å². The van der Waals surface area contributed by atoms with Crippen LogP contribution in [0.15, 0.2) is 133 Å². The Kier molecular flexibility index (Phi) is 6.49. The van der Waals surface area contributed by atoms with Crippen molar-refractivity contribution in [2.45, 2.75) is 19.3 Å². The minimum absolute atomic E-state index is 0.217. The molecule has 0 saturated heterocycles. The van der Waals surface area contributed by atoms with E-state index in [0.717, 1.165) is 32.9 Å². The zero-order valence-corrected chi connectivity index (χ0v) is 27.4. The van der Waals surface area contributed by atoms with E-state index >= 15 is 0 Å². The van der Waals surface area contributed by atoms with Gasteiger partial charge in [-0.25, -0.2) is 15.0 Å². The van der Waals surface area contributed by atoms with Gasteiger partial charge in [-0.1, -0.05) is 123 Å². The van der Waals surface area contributed by atoms with Crippen molar-refractivity contribution in [2.75, 3.05) is 0 Å². The van der Waals surface area contributed by atoms with Gasteiger partial charge in [0.25, 0.3) is 0 Å². The lowest BCUT2D eigenvalue weighted by atomic mass is 9.80. The van der Waals surface area contributed by atoms with Gasteiger partial charge in [-0.05, 0) is 46.5 Å². The van der Waals surface area contributed by atoms with Crippen LogP contribution in [0, 0.1) is 22.7 Å². The number of aromatic nitrogens is 4. The molecule has 0 aliphatic heterocycles. The Labute approximate surface area is 289 Å². The summed E-state index contributed by atoms with van der Waals surface area (Å²) in [6.07, 6.45) is 0. The Morgan fingerprint density at radius 2 is 1.10 bits per heavy atom. The Morgan fingerprint density at radius 3 is 1.78 bits per heavy atom. The zero-order chi connectivity index (χ0) is 34.0. The van der Waals surface area contributed by atoms with Gasteiger partial charge in [0.15, 0.2) is 17.5 Å². The van der Waals surface area contributed by atoms with Crippen LogP contribution in [0.2, 0.25) is 0 Å². The SMILES string of the molecule is CC1(C)c2ccccc2-c2ccc3c(c21)c1ccccc1n3-c1ccc(-c2nc(-c3ccccc3)nc(-c3ccccc3)n2)c(C#N)c1C#N. The topological polar surface area (TPSA) is 91.2 Å². The molecular weight excluding hydrogens is 613 g/mol. The summed E-state index contributed by atoms with van der Waals surface area (Å²) in [6.45, 7) is 4.57. The molecule has 1 aliphatic rings. The highest BCUT2D eigenvalue weighted by Crippen LogP contribution is 2.53. The molecule has 0 atom stereocenters. The maximum absolute atomic E-state index is 10.8. The first-order valence-electron chi connectivity index (χ1n) is 16.5. The van der Waals surface area contributed by atoms with Gasteiger partial charge < -0.3 is 4.57 Å². The van der Waals surface area contributed by atoms with E-state index in [2.05, 4.69) is 85.2 Å². The van der Waals surface area contributed by atoms with E-state index in [0.29, 0.717) is 28.7 Å². The molecular formula is C44H28N6. The third kappa shape index (κ3) is 4.23. The van der Waals surface area contributed by atoms with Gasteiger partial charge in [-0.3, -0.25) is 0 Å². The fraction of sp³-hybridized carbons (Fsp3) is 0.0682. The monoisotopic (exact) mass is 640 g/mol. The first-order valence-corrected chi connectivity index (χ1v) is 16.5. The summed E-state index contributed by atoms with van der Waals surface area (Å²) < 4.78 is 2.13. The highest BCUT2D eigenvalue weighted by molar-refractivity contribution is 6.14. The summed E-state index contributed by atoms with van der Waals surface area (Å²) in [7, 11) is 0. The Balaban J connectivity index is 1.30. The molecule has 6 heteroatoms. The van der Waals surface area contributed by atoms with Gasteiger partial charge in [-0.15, -0.1) is 0 Å². The predicted molar refractivity (Wildman–Crippen MR) is 197 cm³/mol. The normalized spacial score (nSPS) is 12.7. The number of hydrogen-bond donors (Lipinski definition) is 0. The van der Waals surface area contributed by atoms with Crippen LogP contribution in [0.5, 0.6) is 0 Å². The number of hydrogen-bond acceptors (Lipinski definition) is 5. The molecule has 0 radical (unpaired) electrons. The van der Waals surface area contributed by atoms with Crippen LogP contribution in [0.4, 0.5) is 0 Å². The van der Waals surface area contributed by atoms with Gasteiger partial charge >= 0.3 is 0 Å². The fourth-order valence-electron chi connectivity index (χ4n) is 7.71. The van der Waals surface area contributed by atoms with E-state index in [-0.39, 0.29) is 16.5 Å². The zero-order valence-electron chi connectivity index (χ0n) is 27.4. The first kappa shape index (κ1) is 29.3. The highest BCUT2D eigenvalue weighted by atomic mass is 15.0. The van der Waals surface area contributed by atoms with Crippen molar-refractivity contribution >= 4 is 21.8 Å². The lowest BCUT2D eigenvalue weighted by molar-refractivity contribution is 0.666. The molecule has 9 rings (SSSR count). The lowest BCUT2D eigenvalue weighted by Crippen LogP contribution is -2.15. The molecule has 8 aromatic rings. The van der Waals surface area contributed by atoms with Crippen LogP contribution < -0.4 is 0 Å². The van der Waals surface area contributed by atoms with Crippen LogP contribution in [0.25, 0.3) is 72.8 Å². The van der Waals surface area contributed by atoms with Crippen molar-refractivity contribution in [1.29, 1.82) is 10.5 Å². The Hall–Kier alpha value is -6.89. The predicted octanol–water partition coefficient (Wildman–Crippen LogP) is 10.0. The van der Waals surface area contributed by atoms with E-state index in [1.807, 2.05) is 78.9 Å². The van der Waals surface area contributed by atoms with Crippen molar-refractivity contribution in [2.24, 2.45) is 0 Å². The van der Waals surface area contributed by atoms with Crippen LogP contribution >= 0.6 is 0 Å². The molecule has 2 aromatic heterocycles. The van der Waals surface area contributed by atoms with E-state index in [1.165, 1.54) is 22.3 Å². The summed E-state index contributed by atoms with van der Waals surface area (Å²) in [5, 5.41) is 23.8. The molecule has 0 N–H and O–H groups in total. The second-order valence-electron chi connectivity index (χ2n) is 13.0. The summed E-state index contributed by atoms with van der Waals surface area (Å²) >= 11 is 0. The van der Waals surface area contributed by atoms with Crippen LogP contribution in [0.1, 0.15) is 36.1 Å². The van der Waals surface area contributed by atoms with E-state index in [9.17, 15) is 10.5 Å². The molecule has 2 heterocycles. The van der Waals surface area contributed by atoms with Gasteiger partial charge in [-0.2, -0.15) is 10.5 Å². The lowest BCUT2D eigenvalue weighted by Gasteiger charge is -2.22. The highest BCUT2D eigenvalue weighted by Gasteiger charge is 2.38. The molecule has 6 aromatic carbocycles. The van der Waals surface area contributed by atoms with Crippen molar-refractivity contribution in [3.63, 3.8) is 0 Å². The quantitative estimate of drug-likeness (QED) is 0.191.